The van der Waals surface area contributed by atoms with E-state index in [-0.39, 0.29) is 17.0 Å². The minimum atomic E-state index is -0.651. The van der Waals surface area contributed by atoms with Gasteiger partial charge in [-0.05, 0) is 29.8 Å². The van der Waals surface area contributed by atoms with Crippen LogP contribution in [-0.4, -0.2) is 10.0 Å². The molecule has 0 heterocycles. The van der Waals surface area contributed by atoms with Crippen molar-refractivity contribution in [3.05, 3.63) is 75.6 Å². The van der Waals surface area contributed by atoms with Gasteiger partial charge in [-0.15, -0.1) is 0 Å². The summed E-state index contributed by atoms with van der Waals surface area (Å²) in [7, 11) is 0. The number of phenolic OH excluding ortho intramolecular Hbond substituents is 1. The van der Waals surface area contributed by atoms with Crippen molar-refractivity contribution in [3.8, 4) is 5.75 Å². The van der Waals surface area contributed by atoms with Crippen molar-refractivity contribution >= 4 is 11.8 Å². The Kier molecular flexibility index (Phi) is 3.56. The van der Waals surface area contributed by atoms with Gasteiger partial charge in [0.25, 0.3) is 5.70 Å². The first-order chi connectivity index (χ1) is 9.06. The molecule has 0 saturated carbocycles. The summed E-state index contributed by atoms with van der Waals surface area (Å²) in [6.45, 7) is 0. The van der Waals surface area contributed by atoms with Crippen LogP contribution >= 0.6 is 0 Å². The summed E-state index contributed by atoms with van der Waals surface area (Å²) in [5.74, 6) is -0.927. The van der Waals surface area contributed by atoms with Gasteiger partial charge < -0.3 is 5.11 Å². The fourth-order valence-corrected chi connectivity index (χ4v) is 1.69. The number of nitro groups is 1. The molecule has 4 nitrogen and oxygen atoms in total. The lowest BCUT2D eigenvalue weighted by Crippen LogP contribution is -1.97. The van der Waals surface area contributed by atoms with Crippen LogP contribution in [0.3, 0.4) is 0 Å². The first-order valence-corrected chi connectivity index (χ1v) is 5.47. The molecule has 0 aromatic heterocycles. The number of aromatic hydroxyl groups is 1. The molecular formula is C14H10FNO3. The lowest BCUT2D eigenvalue weighted by Gasteiger charge is -2.00. The van der Waals surface area contributed by atoms with Gasteiger partial charge in [-0.3, -0.25) is 10.1 Å². The fraction of sp³-hybridized carbons (Fsp3) is 0. The minimum absolute atomic E-state index is 0.161. The molecule has 0 aliphatic heterocycles. The van der Waals surface area contributed by atoms with Gasteiger partial charge in [-0.1, -0.05) is 18.2 Å². The fourth-order valence-electron chi connectivity index (χ4n) is 1.69. The topological polar surface area (TPSA) is 63.4 Å². The third-order valence-electron chi connectivity index (χ3n) is 2.47. The van der Waals surface area contributed by atoms with Crippen LogP contribution in [0, 0.1) is 15.9 Å². The third-order valence-corrected chi connectivity index (χ3v) is 2.47. The molecule has 96 valence electrons. The molecule has 0 spiro atoms. The van der Waals surface area contributed by atoms with Crippen LogP contribution in [0.1, 0.15) is 11.1 Å². The van der Waals surface area contributed by atoms with E-state index in [2.05, 4.69) is 0 Å². The molecule has 0 unspecified atom stereocenters. The van der Waals surface area contributed by atoms with Crippen LogP contribution in [0.4, 0.5) is 4.39 Å². The second-order valence-electron chi connectivity index (χ2n) is 3.90. The van der Waals surface area contributed by atoms with Gasteiger partial charge in [0.15, 0.2) is 0 Å². The standard InChI is InChI=1S/C14H10FNO3/c15-12-6-10(7-13(17)9-12)8-14(16(18)19)11-4-2-1-3-5-11/h1-9,17H/b14-8+. The summed E-state index contributed by atoms with van der Waals surface area (Å²) in [5, 5.41) is 20.3. The Balaban J connectivity index is 2.50. The van der Waals surface area contributed by atoms with Gasteiger partial charge in [-0.25, -0.2) is 4.39 Å². The van der Waals surface area contributed by atoms with E-state index >= 15 is 0 Å². The normalized spacial score (nSPS) is 11.3. The molecule has 0 fully saturated rings. The molecule has 1 N–H and O–H groups in total. The molecule has 0 saturated heterocycles. The van der Waals surface area contributed by atoms with Crippen LogP contribution < -0.4 is 0 Å². The molecule has 0 atom stereocenters. The largest absolute Gasteiger partial charge is 0.508 e. The Morgan fingerprint density at radius 1 is 1.21 bits per heavy atom. The number of hydrogen-bond donors (Lipinski definition) is 1. The molecular weight excluding hydrogens is 249 g/mol. The average molecular weight is 259 g/mol. The van der Waals surface area contributed by atoms with E-state index < -0.39 is 10.7 Å². The number of phenols is 1. The van der Waals surface area contributed by atoms with Crippen molar-refractivity contribution in [2.24, 2.45) is 0 Å². The molecule has 0 amide bonds. The number of hydrogen-bond acceptors (Lipinski definition) is 3. The Bertz CT molecular complexity index is 618. The smallest absolute Gasteiger partial charge is 0.277 e. The van der Waals surface area contributed by atoms with E-state index in [1.807, 2.05) is 0 Å². The molecule has 2 aromatic carbocycles. The number of benzene rings is 2. The Labute approximate surface area is 108 Å². The highest BCUT2D eigenvalue weighted by molar-refractivity contribution is 5.76. The van der Waals surface area contributed by atoms with Crippen LogP contribution in [0.25, 0.3) is 11.8 Å². The molecule has 0 aliphatic carbocycles. The summed E-state index contributed by atoms with van der Waals surface area (Å²) in [5.41, 5.74) is 0.481. The summed E-state index contributed by atoms with van der Waals surface area (Å²) >= 11 is 0. The number of halogens is 1. The van der Waals surface area contributed by atoms with Crippen LogP contribution in [-0.2, 0) is 0 Å². The van der Waals surface area contributed by atoms with E-state index in [4.69, 9.17) is 0 Å². The Morgan fingerprint density at radius 2 is 1.89 bits per heavy atom. The maximum atomic E-state index is 13.1. The van der Waals surface area contributed by atoms with E-state index in [1.165, 1.54) is 12.1 Å². The predicted molar refractivity (Wildman–Crippen MR) is 69.4 cm³/mol. The summed E-state index contributed by atoms with van der Waals surface area (Å²) in [6.07, 6.45) is 1.22. The van der Waals surface area contributed by atoms with Crippen LogP contribution in [0.5, 0.6) is 5.75 Å². The zero-order valence-electron chi connectivity index (χ0n) is 9.79. The van der Waals surface area contributed by atoms with Gasteiger partial charge in [0, 0.05) is 12.1 Å². The quantitative estimate of drug-likeness (QED) is 0.522. The highest BCUT2D eigenvalue weighted by Crippen LogP contribution is 2.22. The zero-order valence-corrected chi connectivity index (χ0v) is 9.79. The van der Waals surface area contributed by atoms with Gasteiger partial charge in [0.1, 0.15) is 11.6 Å². The van der Waals surface area contributed by atoms with Crippen molar-refractivity contribution in [2.75, 3.05) is 0 Å². The number of rotatable bonds is 3. The molecule has 19 heavy (non-hydrogen) atoms. The SMILES string of the molecule is O=[N+]([O-])/C(=C/c1cc(O)cc(F)c1)c1ccccc1. The summed E-state index contributed by atoms with van der Waals surface area (Å²) in [6, 6.07) is 11.6. The third kappa shape index (κ3) is 3.16. The van der Waals surface area contributed by atoms with Gasteiger partial charge in [0.2, 0.25) is 0 Å². The minimum Gasteiger partial charge on any atom is -0.508 e. The molecule has 2 aromatic rings. The van der Waals surface area contributed by atoms with Crippen LogP contribution in [0.15, 0.2) is 48.5 Å². The van der Waals surface area contributed by atoms with E-state index in [0.717, 1.165) is 12.1 Å². The number of nitrogens with zero attached hydrogens (tertiary/aromatic N) is 1. The van der Waals surface area contributed by atoms with E-state index in [0.29, 0.717) is 5.56 Å². The lowest BCUT2D eigenvalue weighted by molar-refractivity contribution is -0.374. The summed E-state index contributed by atoms with van der Waals surface area (Å²) in [4.78, 5) is 10.5. The van der Waals surface area contributed by atoms with Crippen molar-refractivity contribution in [1.82, 2.24) is 0 Å². The van der Waals surface area contributed by atoms with Crippen molar-refractivity contribution < 1.29 is 14.4 Å². The Hall–Kier alpha value is -2.69. The average Bonchev–Trinajstić information content (AvgIpc) is 2.35. The molecule has 0 aliphatic rings. The molecule has 2 rings (SSSR count). The highest BCUT2D eigenvalue weighted by atomic mass is 19.1. The van der Waals surface area contributed by atoms with Crippen LogP contribution in [0.2, 0.25) is 0 Å². The van der Waals surface area contributed by atoms with Crippen molar-refractivity contribution in [2.45, 2.75) is 0 Å². The second kappa shape index (κ2) is 5.30. The maximum Gasteiger partial charge on any atom is 0.277 e. The van der Waals surface area contributed by atoms with Gasteiger partial charge in [-0.2, -0.15) is 0 Å². The van der Waals surface area contributed by atoms with E-state index in [9.17, 15) is 19.6 Å². The molecule has 0 radical (unpaired) electrons. The first-order valence-electron chi connectivity index (χ1n) is 5.47. The maximum absolute atomic E-state index is 13.1. The van der Waals surface area contributed by atoms with Crippen molar-refractivity contribution in [1.29, 1.82) is 0 Å². The molecule has 0 bridgehead atoms. The second-order valence-corrected chi connectivity index (χ2v) is 3.90. The predicted octanol–water partition coefficient (Wildman–Crippen LogP) is 3.31. The highest BCUT2D eigenvalue weighted by Gasteiger charge is 2.14. The van der Waals surface area contributed by atoms with Crippen molar-refractivity contribution in [3.63, 3.8) is 0 Å². The van der Waals surface area contributed by atoms with Gasteiger partial charge >= 0.3 is 0 Å². The van der Waals surface area contributed by atoms with Gasteiger partial charge in [0.05, 0.1) is 10.5 Å². The zero-order chi connectivity index (χ0) is 13.8. The molecule has 5 heteroatoms. The Morgan fingerprint density at radius 3 is 2.47 bits per heavy atom. The summed E-state index contributed by atoms with van der Waals surface area (Å²) < 4.78 is 13.1. The van der Waals surface area contributed by atoms with E-state index in [1.54, 1.807) is 30.3 Å². The monoisotopic (exact) mass is 259 g/mol. The first kappa shape index (κ1) is 12.8. The lowest BCUT2D eigenvalue weighted by atomic mass is 10.1.